The molecule has 0 aromatic heterocycles. The van der Waals surface area contributed by atoms with Crippen LogP contribution in [0.4, 0.5) is 0 Å². The second kappa shape index (κ2) is 3.38. The zero-order valence-corrected chi connectivity index (χ0v) is 7.88. The average molecular weight is 177 g/mol. The van der Waals surface area contributed by atoms with Crippen LogP contribution in [0.1, 0.15) is 17.5 Å². The maximum atomic E-state index is 9.30. The molecule has 1 aliphatic carbocycles. The molecule has 0 amide bonds. The Kier molecular flexibility index (Phi) is 2.23. The van der Waals surface area contributed by atoms with Crippen molar-refractivity contribution in [3.05, 3.63) is 29.3 Å². The summed E-state index contributed by atoms with van der Waals surface area (Å²) in [4.78, 5) is 0. The van der Waals surface area contributed by atoms with E-state index in [2.05, 4.69) is 5.32 Å². The lowest BCUT2D eigenvalue weighted by Gasteiger charge is -2.24. The molecule has 13 heavy (non-hydrogen) atoms. The van der Waals surface area contributed by atoms with Crippen molar-refractivity contribution in [2.75, 3.05) is 7.05 Å². The van der Waals surface area contributed by atoms with Gasteiger partial charge in [-0.15, -0.1) is 0 Å². The molecule has 0 saturated carbocycles. The van der Waals surface area contributed by atoms with Gasteiger partial charge in [-0.2, -0.15) is 0 Å². The highest BCUT2D eigenvalue weighted by Crippen LogP contribution is 2.24. The molecule has 1 aliphatic rings. The third kappa shape index (κ3) is 1.68. The molecule has 0 spiro atoms. The predicted octanol–water partition coefficient (Wildman–Crippen LogP) is 1.47. The number of aryl methyl sites for hydroxylation is 1. The van der Waals surface area contributed by atoms with Gasteiger partial charge >= 0.3 is 0 Å². The molecule has 0 saturated heterocycles. The highest BCUT2D eigenvalue weighted by atomic mass is 16.3. The molecule has 1 atom stereocenters. The fourth-order valence-corrected chi connectivity index (χ4v) is 1.99. The number of likely N-dealkylation sites (N-methyl/N-ethyl adjacent to an activating group) is 1. The number of aromatic hydroxyl groups is 1. The van der Waals surface area contributed by atoms with Gasteiger partial charge in [0.25, 0.3) is 0 Å². The molecule has 2 heteroatoms. The normalized spacial score (nSPS) is 21.2. The first kappa shape index (κ1) is 8.57. The number of rotatable bonds is 1. The number of benzene rings is 1. The van der Waals surface area contributed by atoms with Gasteiger partial charge in [0.1, 0.15) is 5.75 Å². The van der Waals surface area contributed by atoms with Crippen LogP contribution in [-0.4, -0.2) is 18.2 Å². The molecule has 1 unspecified atom stereocenters. The Morgan fingerprint density at radius 2 is 2.23 bits per heavy atom. The van der Waals surface area contributed by atoms with Gasteiger partial charge in [0.15, 0.2) is 0 Å². The van der Waals surface area contributed by atoms with Crippen molar-refractivity contribution in [3.63, 3.8) is 0 Å². The quantitative estimate of drug-likeness (QED) is 0.681. The van der Waals surface area contributed by atoms with Crippen LogP contribution < -0.4 is 5.32 Å². The zero-order valence-electron chi connectivity index (χ0n) is 7.88. The van der Waals surface area contributed by atoms with E-state index in [-0.39, 0.29) is 0 Å². The average Bonchev–Trinajstić information content (AvgIpc) is 2.17. The Bertz CT molecular complexity index is 309. The van der Waals surface area contributed by atoms with Crippen LogP contribution in [0.3, 0.4) is 0 Å². The van der Waals surface area contributed by atoms with E-state index in [0.717, 1.165) is 12.8 Å². The maximum absolute atomic E-state index is 9.30. The molecule has 0 bridgehead atoms. The fourth-order valence-electron chi connectivity index (χ4n) is 1.99. The van der Waals surface area contributed by atoms with Crippen molar-refractivity contribution in [1.82, 2.24) is 5.32 Å². The molecule has 2 rings (SSSR count). The van der Waals surface area contributed by atoms with Gasteiger partial charge in [0.05, 0.1) is 0 Å². The van der Waals surface area contributed by atoms with E-state index in [1.807, 2.05) is 19.2 Å². The Morgan fingerprint density at radius 3 is 3.00 bits per heavy atom. The van der Waals surface area contributed by atoms with Crippen LogP contribution in [0.5, 0.6) is 5.75 Å². The Balaban J connectivity index is 2.26. The summed E-state index contributed by atoms with van der Waals surface area (Å²) in [7, 11) is 2.01. The first-order valence-corrected chi connectivity index (χ1v) is 4.77. The summed E-state index contributed by atoms with van der Waals surface area (Å²) in [5, 5.41) is 12.6. The SMILES string of the molecule is CNC1CCc2cc(O)ccc2C1. The predicted molar refractivity (Wildman–Crippen MR) is 53.0 cm³/mol. The van der Waals surface area contributed by atoms with Gasteiger partial charge in [-0.3, -0.25) is 0 Å². The zero-order chi connectivity index (χ0) is 9.26. The van der Waals surface area contributed by atoms with Crippen molar-refractivity contribution in [3.8, 4) is 5.75 Å². The lowest BCUT2D eigenvalue weighted by atomic mass is 9.88. The lowest BCUT2D eigenvalue weighted by Crippen LogP contribution is -2.31. The van der Waals surface area contributed by atoms with E-state index in [4.69, 9.17) is 0 Å². The molecule has 0 fully saturated rings. The van der Waals surface area contributed by atoms with Crippen molar-refractivity contribution in [2.45, 2.75) is 25.3 Å². The molecular weight excluding hydrogens is 162 g/mol. The number of nitrogens with one attached hydrogen (secondary N) is 1. The van der Waals surface area contributed by atoms with Crippen LogP contribution >= 0.6 is 0 Å². The summed E-state index contributed by atoms with van der Waals surface area (Å²) in [6, 6.07) is 6.31. The number of fused-ring (bicyclic) bond motifs is 1. The molecule has 1 aromatic rings. The van der Waals surface area contributed by atoms with Crippen LogP contribution in [-0.2, 0) is 12.8 Å². The highest BCUT2D eigenvalue weighted by molar-refractivity contribution is 5.37. The summed E-state index contributed by atoms with van der Waals surface area (Å²) in [6.07, 6.45) is 3.34. The van der Waals surface area contributed by atoms with Gasteiger partial charge in [0, 0.05) is 6.04 Å². The third-order valence-corrected chi connectivity index (χ3v) is 2.83. The minimum atomic E-state index is 0.390. The smallest absolute Gasteiger partial charge is 0.115 e. The summed E-state index contributed by atoms with van der Waals surface area (Å²) in [5.74, 6) is 0.390. The van der Waals surface area contributed by atoms with E-state index in [1.165, 1.54) is 17.5 Å². The van der Waals surface area contributed by atoms with Gasteiger partial charge in [-0.05, 0) is 49.6 Å². The van der Waals surface area contributed by atoms with Crippen molar-refractivity contribution in [2.24, 2.45) is 0 Å². The second-order valence-electron chi connectivity index (χ2n) is 3.68. The summed E-state index contributed by atoms with van der Waals surface area (Å²) < 4.78 is 0. The number of phenolic OH excluding ortho intramolecular Hbond substituents is 1. The Morgan fingerprint density at radius 1 is 1.38 bits per heavy atom. The monoisotopic (exact) mass is 177 g/mol. The number of hydrogen-bond donors (Lipinski definition) is 2. The fraction of sp³-hybridized carbons (Fsp3) is 0.455. The third-order valence-electron chi connectivity index (χ3n) is 2.83. The molecule has 0 aliphatic heterocycles. The van der Waals surface area contributed by atoms with Crippen LogP contribution in [0.15, 0.2) is 18.2 Å². The van der Waals surface area contributed by atoms with E-state index in [0.29, 0.717) is 11.8 Å². The number of phenols is 1. The highest BCUT2D eigenvalue weighted by Gasteiger charge is 2.16. The summed E-state index contributed by atoms with van der Waals surface area (Å²) in [6.45, 7) is 0. The molecule has 2 N–H and O–H groups in total. The van der Waals surface area contributed by atoms with Crippen molar-refractivity contribution >= 4 is 0 Å². The Hall–Kier alpha value is -1.02. The molecule has 0 radical (unpaired) electrons. The van der Waals surface area contributed by atoms with E-state index in [9.17, 15) is 5.11 Å². The van der Waals surface area contributed by atoms with E-state index in [1.54, 1.807) is 6.07 Å². The van der Waals surface area contributed by atoms with E-state index < -0.39 is 0 Å². The maximum Gasteiger partial charge on any atom is 0.115 e. The minimum Gasteiger partial charge on any atom is -0.508 e. The minimum absolute atomic E-state index is 0.390. The first-order valence-electron chi connectivity index (χ1n) is 4.77. The van der Waals surface area contributed by atoms with Crippen molar-refractivity contribution < 1.29 is 5.11 Å². The van der Waals surface area contributed by atoms with Gasteiger partial charge < -0.3 is 10.4 Å². The molecule has 70 valence electrons. The number of hydrogen-bond acceptors (Lipinski definition) is 2. The molecular formula is C11H15NO. The first-order chi connectivity index (χ1) is 6.29. The largest absolute Gasteiger partial charge is 0.508 e. The molecule has 0 heterocycles. The van der Waals surface area contributed by atoms with Crippen LogP contribution in [0, 0.1) is 0 Å². The van der Waals surface area contributed by atoms with Crippen LogP contribution in [0.25, 0.3) is 0 Å². The van der Waals surface area contributed by atoms with Gasteiger partial charge in [-0.25, -0.2) is 0 Å². The van der Waals surface area contributed by atoms with Crippen molar-refractivity contribution in [1.29, 1.82) is 0 Å². The topological polar surface area (TPSA) is 32.3 Å². The summed E-state index contributed by atoms with van der Waals surface area (Å²) >= 11 is 0. The second-order valence-corrected chi connectivity index (χ2v) is 3.68. The van der Waals surface area contributed by atoms with Gasteiger partial charge in [-0.1, -0.05) is 6.07 Å². The Labute approximate surface area is 78.6 Å². The molecule has 1 aromatic carbocycles. The van der Waals surface area contributed by atoms with Crippen LogP contribution in [0.2, 0.25) is 0 Å². The lowest BCUT2D eigenvalue weighted by molar-refractivity contribution is 0.466. The summed E-state index contributed by atoms with van der Waals surface area (Å²) in [5.41, 5.74) is 2.69. The standard InChI is InChI=1S/C11H15NO/c1-12-10-4-2-9-7-11(13)5-3-8(9)6-10/h3,5,7,10,12-13H,2,4,6H2,1H3. The molecule has 2 nitrogen and oxygen atoms in total. The van der Waals surface area contributed by atoms with E-state index >= 15 is 0 Å². The van der Waals surface area contributed by atoms with Gasteiger partial charge in [0.2, 0.25) is 0 Å².